The van der Waals surface area contributed by atoms with E-state index in [9.17, 15) is 4.79 Å². The van der Waals surface area contributed by atoms with Gasteiger partial charge in [-0.15, -0.1) is 0 Å². The third-order valence-electron chi connectivity index (χ3n) is 2.71. The standard InChI is InChI=1S/C10H18BrNO/c1-3-9(11)10(13)12-7-5-4-6-8(12)2/h8-9H,3-7H2,1-2H3/t8-,9+/m1/s1. The molecule has 1 amide bonds. The Hall–Kier alpha value is -0.0500. The van der Waals surface area contributed by atoms with Crippen LogP contribution in [-0.4, -0.2) is 28.2 Å². The van der Waals surface area contributed by atoms with Crippen LogP contribution in [0, 0.1) is 0 Å². The molecular weight excluding hydrogens is 230 g/mol. The molecule has 0 aromatic carbocycles. The highest BCUT2D eigenvalue weighted by Gasteiger charge is 2.26. The van der Waals surface area contributed by atoms with Crippen molar-refractivity contribution in [2.45, 2.75) is 50.4 Å². The number of amides is 1. The van der Waals surface area contributed by atoms with Gasteiger partial charge >= 0.3 is 0 Å². The summed E-state index contributed by atoms with van der Waals surface area (Å²) in [6, 6.07) is 0.438. The van der Waals surface area contributed by atoms with Gasteiger partial charge in [0.25, 0.3) is 0 Å². The summed E-state index contributed by atoms with van der Waals surface area (Å²) in [5, 5.41) is 0. The predicted octanol–water partition coefficient (Wildman–Crippen LogP) is 2.56. The van der Waals surface area contributed by atoms with E-state index in [2.05, 4.69) is 22.9 Å². The molecule has 3 heteroatoms. The second kappa shape index (κ2) is 4.99. The molecule has 0 aromatic rings. The summed E-state index contributed by atoms with van der Waals surface area (Å²) in [5.41, 5.74) is 0. The van der Waals surface area contributed by atoms with Crippen molar-refractivity contribution in [1.82, 2.24) is 4.90 Å². The van der Waals surface area contributed by atoms with E-state index in [4.69, 9.17) is 0 Å². The molecule has 0 aliphatic carbocycles. The lowest BCUT2D eigenvalue weighted by atomic mass is 10.0. The van der Waals surface area contributed by atoms with Gasteiger partial charge in [-0.3, -0.25) is 4.79 Å². The Bertz CT molecular complexity index is 184. The fourth-order valence-electron chi connectivity index (χ4n) is 1.78. The molecule has 0 bridgehead atoms. The van der Waals surface area contributed by atoms with Gasteiger partial charge in [0.2, 0.25) is 5.91 Å². The van der Waals surface area contributed by atoms with Crippen LogP contribution >= 0.6 is 15.9 Å². The fraction of sp³-hybridized carbons (Fsp3) is 0.900. The maximum atomic E-state index is 11.8. The minimum atomic E-state index is 0.0213. The van der Waals surface area contributed by atoms with Crippen LogP contribution in [0.2, 0.25) is 0 Å². The number of likely N-dealkylation sites (tertiary alicyclic amines) is 1. The zero-order chi connectivity index (χ0) is 9.84. The van der Waals surface area contributed by atoms with Crippen LogP contribution in [-0.2, 0) is 4.79 Å². The highest BCUT2D eigenvalue weighted by molar-refractivity contribution is 9.10. The quantitative estimate of drug-likeness (QED) is 0.688. The van der Waals surface area contributed by atoms with Gasteiger partial charge in [-0.1, -0.05) is 22.9 Å². The average molecular weight is 248 g/mol. The zero-order valence-electron chi connectivity index (χ0n) is 8.42. The second-order valence-electron chi connectivity index (χ2n) is 3.75. The number of halogens is 1. The molecule has 13 heavy (non-hydrogen) atoms. The molecule has 0 spiro atoms. The van der Waals surface area contributed by atoms with Crippen molar-refractivity contribution in [2.75, 3.05) is 6.54 Å². The number of nitrogens with zero attached hydrogens (tertiary/aromatic N) is 1. The predicted molar refractivity (Wildman–Crippen MR) is 58.0 cm³/mol. The minimum Gasteiger partial charge on any atom is -0.339 e. The molecule has 1 rings (SSSR count). The van der Waals surface area contributed by atoms with Crippen LogP contribution in [0.4, 0.5) is 0 Å². The number of piperidine rings is 1. The van der Waals surface area contributed by atoms with Crippen LogP contribution in [0.15, 0.2) is 0 Å². The fourth-order valence-corrected chi connectivity index (χ4v) is 2.04. The summed E-state index contributed by atoms with van der Waals surface area (Å²) < 4.78 is 0. The van der Waals surface area contributed by atoms with E-state index in [1.54, 1.807) is 0 Å². The van der Waals surface area contributed by atoms with Gasteiger partial charge in [0.1, 0.15) is 0 Å². The molecule has 0 unspecified atom stereocenters. The van der Waals surface area contributed by atoms with Gasteiger partial charge < -0.3 is 4.90 Å². The van der Waals surface area contributed by atoms with Crippen molar-refractivity contribution < 1.29 is 4.79 Å². The molecule has 0 saturated carbocycles. The first-order valence-electron chi connectivity index (χ1n) is 5.11. The van der Waals surface area contributed by atoms with Crippen LogP contribution in [0.1, 0.15) is 39.5 Å². The molecule has 2 nitrogen and oxygen atoms in total. The van der Waals surface area contributed by atoms with E-state index in [1.807, 2.05) is 11.8 Å². The van der Waals surface area contributed by atoms with Crippen molar-refractivity contribution in [1.29, 1.82) is 0 Å². The first kappa shape index (κ1) is 11.0. The van der Waals surface area contributed by atoms with Gasteiger partial charge in [-0.05, 0) is 32.6 Å². The SMILES string of the molecule is CC[C@H](Br)C(=O)N1CCCC[C@H]1C. The molecule has 2 atom stereocenters. The van der Waals surface area contributed by atoms with Gasteiger partial charge in [0, 0.05) is 12.6 Å². The Balaban J connectivity index is 2.53. The average Bonchev–Trinajstić information content (AvgIpc) is 2.16. The third-order valence-corrected chi connectivity index (χ3v) is 3.75. The summed E-state index contributed by atoms with van der Waals surface area (Å²) in [4.78, 5) is 13.9. The van der Waals surface area contributed by atoms with Gasteiger partial charge in [0.05, 0.1) is 4.83 Å². The lowest BCUT2D eigenvalue weighted by molar-refractivity contribution is -0.133. The third kappa shape index (κ3) is 2.70. The maximum absolute atomic E-state index is 11.8. The summed E-state index contributed by atoms with van der Waals surface area (Å²) in [6.45, 7) is 5.13. The Morgan fingerprint density at radius 3 is 2.85 bits per heavy atom. The summed E-state index contributed by atoms with van der Waals surface area (Å²) in [5.74, 6) is 0.273. The smallest absolute Gasteiger partial charge is 0.236 e. The van der Waals surface area contributed by atoms with Crippen molar-refractivity contribution in [3.8, 4) is 0 Å². The van der Waals surface area contributed by atoms with Crippen LogP contribution < -0.4 is 0 Å². The molecule has 0 aromatic heterocycles. The molecule has 0 N–H and O–H groups in total. The Morgan fingerprint density at radius 1 is 1.62 bits per heavy atom. The lowest BCUT2D eigenvalue weighted by Gasteiger charge is -2.34. The first-order chi connectivity index (χ1) is 6.16. The highest BCUT2D eigenvalue weighted by atomic mass is 79.9. The molecule has 1 aliphatic rings. The van der Waals surface area contributed by atoms with Crippen LogP contribution in [0.5, 0.6) is 0 Å². The van der Waals surface area contributed by atoms with E-state index < -0.39 is 0 Å². The van der Waals surface area contributed by atoms with E-state index in [0.717, 1.165) is 19.4 Å². The number of hydrogen-bond donors (Lipinski definition) is 0. The summed E-state index contributed by atoms with van der Waals surface area (Å²) >= 11 is 3.41. The number of rotatable bonds is 2. The van der Waals surface area contributed by atoms with Crippen LogP contribution in [0.25, 0.3) is 0 Å². The van der Waals surface area contributed by atoms with Gasteiger partial charge in [0.15, 0.2) is 0 Å². The highest BCUT2D eigenvalue weighted by Crippen LogP contribution is 2.20. The van der Waals surface area contributed by atoms with Crippen molar-refractivity contribution in [3.63, 3.8) is 0 Å². The number of hydrogen-bond acceptors (Lipinski definition) is 1. The molecule has 1 aliphatic heterocycles. The number of alkyl halides is 1. The Kier molecular flexibility index (Phi) is 4.23. The maximum Gasteiger partial charge on any atom is 0.236 e. The van der Waals surface area contributed by atoms with E-state index in [1.165, 1.54) is 12.8 Å². The summed E-state index contributed by atoms with van der Waals surface area (Å²) in [6.07, 6.45) is 4.47. The molecular formula is C10H18BrNO. The minimum absolute atomic E-state index is 0.0213. The van der Waals surface area contributed by atoms with Crippen molar-refractivity contribution in [2.24, 2.45) is 0 Å². The topological polar surface area (TPSA) is 20.3 Å². The molecule has 1 saturated heterocycles. The Labute approximate surface area is 88.8 Å². The van der Waals surface area contributed by atoms with Crippen LogP contribution in [0.3, 0.4) is 0 Å². The monoisotopic (exact) mass is 247 g/mol. The molecule has 1 heterocycles. The van der Waals surface area contributed by atoms with Gasteiger partial charge in [-0.2, -0.15) is 0 Å². The van der Waals surface area contributed by atoms with Crippen molar-refractivity contribution >= 4 is 21.8 Å². The first-order valence-corrected chi connectivity index (χ1v) is 6.03. The Morgan fingerprint density at radius 2 is 2.31 bits per heavy atom. The van der Waals surface area contributed by atoms with E-state index in [0.29, 0.717) is 6.04 Å². The van der Waals surface area contributed by atoms with E-state index in [-0.39, 0.29) is 10.7 Å². The largest absolute Gasteiger partial charge is 0.339 e. The normalized spacial score (nSPS) is 25.8. The zero-order valence-corrected chi connectivity index (χ0v) is 10.0. The molecule has 76 valence electrons. The summed E-state index contributed by atoms with van der Waals surface area (Å²) in [7, 11) is 0. The molecule has 1 fully saturated rings. The second-order valence-corrected chi connectivity index (χ2v) is 4.86. The van der Waals surface area contributed by atoms with Gasteiger partial charge in [-0.25, -0.2) is 0 Å². The molecule has 0 radical (unpaired) electrons. The number of carbonyl (C=O) groups excluding carboxylic acids is 1. The van der Waals surface area contributed by atoms with E-state index >= 15 is 0 Å². The lowest BCUT2D eigenvalue weighted by Crippen LogP contribution is -2.45. The number of carbonyl (C=O) groups is 1. The van der Waals surface area contributed by atoms with Crippen molar-refractivity contribution in [3.05, 3.63) is 0 Å².